The number of nitrogens with zero attached hydrogens (tertiary/aromatic N) is 3. The van der Waals surface area contributed by atoms with E-state index in [1.807, 2.05) is 0 Å². The van der Waals surface area contributed by atoms with Gasteiger partial charge in [-0.3, -0.25) is 4.79 Å². The average Bonchev–Trinajstić information content (AvgIpc) is 2.83. The van der Waals surface area contributed by atoms with E-state index in [1.165, 1.54) is 29.9 Å². The van der Waals surface area contributed by atoms with Gasteiger partial charge >= 0.3 is 0 Å². The number of aromatic nitrogens is 4. The predicted octanol–water partition coefficient (Wildman–Crippen LogP) is 2.77. The zero-order valence-electron chi connectivity index (χ0n) is 11.3. The molecule has 0 spiro atoms. The van der Waals surface area contributed by atoms with Crippen molar-refractivity contribution in [1.29, 1.82) is 0 Å². The standard InChI is InChI=1S/C14H9ClF2N4O/c1-21-12(8-5-7(15)6-18-14(8)22)19-20-13(21)11-9(16)3-2-4-10(11)17/h2-6H,1H3,(H,18,22). The molecule has 0 unspecified atom stereocenters. The number of hydrogen-bond donors (Lipinski definition) is 1. The Bertz CT molecular complexity index is 899. The van der Waals surface area contributed by atoms with Crippen LogP contribution in [0.5, 0.6) is 0 Å². The highest BCUT2D eigenvalue weighted by atomic mass is 35.5. The molecule has 2 aromatic heterocycles. The molecule has 1 aromatic carbocycles. The molecular weight excluding hydrogens is 314 g/mol. The molecule has 3 aromatic rings. The smallest absolute Gasteiger partial charge is 0.259 e. The molecule has 1 N–H and O–H groups in total. The maximum Gasteiger partial charge on any atom is 0.259 e. The number of benzene rings is 1. The number of hydrogen-bond acceptors (Lipinski definition) is 3. The Balaban J connectivity index is 2.22. The van der Waals surface area contributed by atoms with Crippen LogP contribution in [0.4, 0.5) is 8.78 Å². The van der Waals surface area contributed by atoms with Crippen LogP contribution < -0.4 is 5.56 Å². The third-order valence-electron chi connectivity index (χ3n) is 3.17. The second-order valence-electron chi connectivity index (χ2n) is 4.56. The van der Waals surface area contributed by atoms with Crippen molar-refractivity contribution in [3.8, 4) is 22.8 Å². The summed E-state index contributed by atoms with van der Waals surface area (Å²) in [5.41, 5.74) is -0.576. The second-order valence-corrected chi connectivity index (χ2v) is 5.00. The van der Waals surface area contributed by atoms with Gasteiger partial charge in [-0.1, -0.05) is 17.7 Å². The Morgan fingerprint density at radius 3 is 2.50 bits per heavy atom. The van der Waals surface area contributed by atoms with Crippen LogP contribution in [0.3, 0.4) is 0 Å². The van der Waals surface area contributed by atoms with E-state index < -0.39 is 17.2 Å². The van der Waals surface area contributed by atoms with E-state index in [0.29, 0.717) is 5.02 Å². The van der Waals surface area contributed by atoms with Crippen LogP contribution in [0.15, 0.2) is 35.3 Å². The zero-order chi connectivity index (χ0) is 15.9. The fourth-order valence-corrected chi connectivity index (χ4v) is 2.28. The molecule has 0 fully saturated rings. The molecule has 0 atom stereocenters. The molecule has 0 radical (unpaired) electrons. The van der Waals surface area contributed by atoms with E-state index in [2.05, 4.69) is 15.2 Å². The molecule has 0 saturated carbocycles. The monoisotopic (exact) mass is 322 g/mol. The summed E-state index contributed by atoms with van der Waals surface area (Å²) in [5.74, 6) is -1.39. The van der Waals surface area contributed by atoms with Gasteiger partial charge < -0.3 is 9.55 Å². The van der Waals surface area contributed by atoms with Gasteiger partial charge in [-0.15, -0.1) is 10.2 Å². The molecule has 0 bridgehead atoms. The highest BCUT2D eigenvalue weighted by Crippen LogP contribution is 2.26. The molecule has 8 heteroatoms. The Morgan fingerprint density at radius 2 is 1.82 bits per heavy atom. The Labute approximate surface area is 128 Å². The van der Waals surface area contributed by atoms with Gasteiger partial charge in [0.15, 0.2) is 11.6 Å². The van der Waals surface area contributed by atoms with Crippen LogP contribution in [-0.4, -0.2) is 19.7 Å². The predicted molar refractivity (Wildman–Crippen MR) is 77.4 cm³/mol. The molecule has 0 amide bonds. The third kappa shape index (κ3) is 2.29. The van der Waals surface area contributed by atoms with Crippen LogP contribution in [0.2, 0.25) is 5.02 Å². The molecule has 0 aliphatic rings. The SMILES string of the molecule is Cn1c(-c2c(F)cccc2F)nnc1-c1cc(Cl)c[nH]c1=O. The molecule has 112 valence electrons. The number of rotatable bonds is 2. The van der Waals surface area contributed by atoms with Gasteiger partial charge in [0.05, 0.1) is 16.1 Å². The summed E-state index contributed by atoms with van der Waals surface area (Å²) < 4.78 is 29.1. The summed E-state index contributed by atoms with van der Waals surface area (Å²) in [6, 6.07) is 4.91. The summed E-state index contributed by atoms with van der Waals surface area (Å²) in [5, 5.41) is 7.94. The second kappa shape index (κ2) is 5.34. The van der Waals surface area contributed by atoms with E-state index in [9.17, 15) is 13.6 Å². The quantitative estimate of drug-likeness (QED) is 0.789. The van der Waals surface area contributed by atoms with Gasteiger partial charge in [0.25, 0.3) is 5.56 Å². The van der Waals surface area contributed by atoms with E-state index in [0.717, 1.165) is 12.1 Å². The highest BCUT2D eigenvalue weighted by Gasteiger charge is 2.20. The molecule has 0 aliphatic heterocycles. The third-order valence-corrected chi connectivity index (χ3v) is 3.39. The summed E-state index contributed by atoms with van der Waals surface area (Å²) in [4.78, 5) is 14.3. The van der Waals surface area contributed by atoms with Crippen molar-refractivity contribution >= 4 is 11.6 Å². The first-order valence-electron chi connectivity index (χ1n) is 6.21. The van der Waals surface area contributed by atoms with Crippen molar-refractivity contribution in [1.82, 2.24) is 19.7 Å². The van der Waals surface area contributed by atoms with Crippen LogP contribution in [0.1, 0.15) is 0 Å². The lowest BCUT2D eigenvalue weighted by atomic mass is 10.2. The first kappa shape index (κ1) is 14.4. The lowest BCUT2D eigenvalue weighted by molar-refractivity contribution is 0.586. The Kier molecular flexibility index (Phi) is 3.50. The number of aromatic amines is 1. The summed E-state index contributed by atoms with van der Waals surface area (Å²) in [6.07, 6.45) is 1.33. The van der Waals surface area contributed by atoms with E-state index in [4.69, 9.17) is 11.6 Å². The summed E-state index contributed by atoms with van der Waals surface area (Å²) in [6.45, 7) is 0. The largest absolute Gasteiger partial charge is 0.327 e. The van der Waals surface area contributed by atoms with Crippen molar-refractivity contribution in [2.45, 2.75) is 0 Å². The molecule has 3 rings (SSSR count). The van der Waals surface area contributed by atoms with Crippen molar-refractivity contribution in [2.75, 3.05) is 0 Å². The molecule has 22 heavy (non-hydrogen) atoms. The van der Waals surface area contributed by atoms with Crippen molar-refractivity contribution in [3.05, 3.63) is 57.5 Å². The van der Waals surface area contributed by atoms with Gasteiger partial charge in [0.2, 0.25) is 0 Å². The number of H-pyrrole nitrogens is 1. The van der Waals surface area contributed by atoms with Gasteiger partial charge in [-0.25, -0.2) is 8.78 Å². The minimum atomic E-state index is -0.762. The minimum absolute atomic E-state index is 0.0232. The Hall–Kier alpha value is -2.54. The van der Waals surface area contributed by atoms with Gasteiger partial charge in [0, 0.05) is 13.2 Å². The topological polar surface area (TPSA) is 63.6 Å². The molecule has 0 saturated heterocycles. The molecule has 5 nitrogen and oxygen atoms in total. The maximum absolute atomic E-state index is 13.9. The van der Waals surface area contributed by atoms with E-state index >= 15 is 0 Å². The fourth-order valence-electron chi connectivity index (χ4n) is 2.12. The van der Waals surface area contributed by atoms with Crippen LogP contribution in [0, 0.1) is 11.6 Å². The van der Waals surface area contributed by atoms with Crippen LogP contribution in [0.25, 0.3) is 22.8 Å². The van der Waals surface area contributed by atoms with Crippen molar-refractivity contribution in [2.24, 2.45) is 7.05 Å². The number of nitrogens with one attached hydrogen (secondary N) is 1. The number of halogens is 3. The van der Waals surface area contributed by atoms with Gasteiger partial charge in [0.1, 0.15) is 11.6 Å². The maximum atomic E-state index is 13.9. The molecule has 0 aliphatic carbocycles. The van der Waals surface area contributed by atoms with E-state index in [-0.39, 0.29) is 22.8 Å². The van der Waals surface area contributed by atoms with E-state index in [1.54, 1.807) is 0 Å². The van der Waals surface area contributed by atoms with Crippen molar-refractivity contribution < 1.29 is 8.78 Å². The number of pyridine rings is 1. The lowest BCUT2D eigenvalue weighted by Crippen LogP contribution is -2.10. The zero-order valence-corrected chi connectivity index (χ0v) is 12.0. The first-order chi connectivity index (χ1) is 10.5. The lowest BCUT2D eigenvalue weighted by Gasteiger charge is -2.06. The Morgan fingerprint density at radius 1 is 1.18 bits per heavy atom. The normalized spacial score (nSPS) is 10.9. The molecule has 2 heterocycles. The first-order valence-corrected chi connectivity index (χ1v) is 6.59. The highest BCUT2D eigenvalue weighted by molar-refractivity contribution is 6.30. The fraction of sp³-hybridized carbons (Fsp3) is 0.0714. The van der Waals surface area contributed by atoms with Gasteiger partial charge in [-0.2, -0.15) is 0 Å². The minimum Gasteiger partial charge on any atom is -0.327 e. The van der Waals surface area contributed by atoms with Crippen LogP contribution in [-0.2, 0) is 7.05 Å². The molecular formula is C14H9ClF2N4O. The average molecular weight is 323 g/mol. The van der Waals surface area contributed by atoms with Gasteiger partial charge in [-0.05, 0) is 18.2 Å². The van der Waals surface area contributed by atoms with Crippen LogP contribution >= 0.6 is 11.6 Å². The van der Waals surface area contributed by atoms with Crippen molar-refractivity contribution in [3.63, 3.8) is 0 Å². The summed E-state index contributed by atoms with van der Waals surface area (Å²) >= 11 is 5.85. The summed E-state index contributed by atoms with van der Waals surface area (Å²) in [7, 11) is 1.51.